The highest BCUT2D eigenvalue weighted by Gasteiger charge is 2.09. The third-order valence-corrected chi connectivity index (χ3v) is 2.57. The van der Waals surface area contributed by atoms with Crippen LogP contribution in [0, 0.1) is 0 Å². The fourth-order valence-electron chi connectivity index (χ4n) is 1.25. The van der Waals surface area contributed by atoms with E-state index in [0.717, 1.165) is 11.4 Å². The molecule has 0 amide bonds. The first kappa shape index (κ1) is 7.57. The van der Waals surface area contributed by atoms with Crippen molar-refractivity contribution in [3.05, 3.63) is 30.3 Å². The number of tetrazole rings is 1. The summed E-state index contributed by atoms with van der Waals surface area (Å²) in [6, 6.07) is 9.86. The third-order valence-electron chi connectivity index (χ3n) is 1.89. The van der Waals surface area contributed by atoms with Crippen LogP contribution in [0.1, 0.15) is 0 Å². The first-order chi connectivity index (χ1) is 6.95. The van der Waals surface area contributed by atoms with Crippen LogP contribution in [-0.4, -0.2) is 24.4 Å². The molecular weight excluding hydrogens is 198 g/mol. The van der Waals surface area contributed by atoms with E-state index >= 15 is 0 Å². The van der Waals surface area contributed by atoms with E-state index in [0.29, 0.717) is 4.96 Å². The molecule has 6 heteroatoms. The summed E-state index contributed by atoms with van der Waals surface area (Å²) in [5.41, 5.74) is 1.02. The Kier molecular flexibility index (Phi) is 1.54. The SMILES string of the molecule is c1ccc(-c2nsc3nnnn23)cc1. The van der Waals surface area contributed by atoms with Crippen LogP contribution in [0.5, 0.6) is 0 Å². The molecule has 0 saturated heterocycles. The summed E-state index contributed by atoms with van der Waals surface area (Å²) in [7, 11) is 0. The van der Waals surface area contributed by atoms with Crippen molar-refractivity contribution in [2.45, 2.75) is 0 Å². The minimum Gasteiger partial charge on any atom is -0.168 e. The molecule has 0 bridgehead atoms. The van der Waals surface area contributed by atoms with E-state index in [1.807, 2.05) is 30.3 Å². The van der Waals surface area contributed by atoms with Crippen LogP contribution in [0.2, 0.25) is 0 Å². The lowest BCUT2D eigenvalue weighted by Gasteiger charge is -1.93. The van der Waals surface area contributed by atoms with E-state index in [9.17, 15) is 0 Å². The van der Waals surface area contributed by atoms with E-state index in [2.05, 4.69) is 19.9 Å². The summed E-state index contributed by atoms with van der Waals surface area (Å²) >= 11 is 1.29. The van der Waals surface area contributed by atoms with E-state index in [-0.39, 0.29) is 0 Å². The van der Waals surface area contributed by atoms with Gasteiger partial charge in [0, 0.05) is 17.1 Å². The Bertz CT molecular complexity index is 555. The molecule has 2 aromatic heterocycles. The van der Waals surface area contributed by atoms with Crippen LogP contribution < -0.4 is 0 Å². The van der Waals surface area contributed by atoms with E-state index in [4.69, 9.17) is 0 Å². The van der Waals surface area contributed by atoms with Gasteiger partial charge >= 0.3 is 0 Å². The second-order valence-corrected chi connectivity index (χ2v) is 3.48. The molecule has 0 unspecified atom stereocenters. The van der Waals surface area contributed by atoms with Gasteiger partial charge in [-0.1, -0.05) is 35.4 Å². The highest BCUT2D eigenvalue weighted by Crippen LogP contribution is 2.19. The zero-order valence-corrected chi connectivity index (χ0v) is 7.85. The van der Waals surface area contributed by atoms with Crippen LogP contribution in [0.15, 0.2) is 30.3 Å². The zero-order chi connectivity index (χ0) is 9.38. The number of benzene rings is 1. The Labute approximate surface area is 83.2 Å². The molecule has 68 valence electrons. The molecule has 3 rings (SSSR count). The Morgan fingerprint density at radius 1 is 1.14 bits per heavy atom. The van der Waals surface area contributed by atoms with Gasteiger partial charge in [0.05, 0.1) is 0 Å². The van der Waals surface area contributed by atoms with Crippen molar-refractivity contribution >= 4 is 16.5 Å². The number of rotatable bonds is 1. The molecule has 0 radical (unpaired) electrons. The van der Waals surface area contributed by atoms with E-state index < -0.39 is 0 Å². The predicted molar refractivity (Wildman–Crippen MR) is 51.9 cm³/mol. The van der Waals surface area contributed by atoms with Gasteiger partial charge in [-0.25, -0.2) is 0 Å². The highest BCUT2D eigenvalue weighted by atomic mass is 32.1. The average molecular weight is 203 g/mol. The zero-order valence-electron chi connectivity index (χ0n) is 7.03. The minimum absolute atomic E-state index is 0.712. The van der Waals surface area contributed by atoms with Crippen molar-refractivity contribution < 1.29 is 0 Å². The summed E-state index contributed by atoms with van der Waals surface area (Å²) in [4.78, 5) is 0.712. The number of hydrogen-bond donors (Lipinski definition) is 0. The van der Waals surface area contributed by atoms with Gasteiger partial charge in [-0.3, -0.25) is 0 Å². The topological polar surface area (TPSA) is 56.0 Å². The third kappa shape index (κ3) is 1.01. The number of fused-ring (bicyclic) bond motifs is 1. The summed E-state index contributed by atoms with van der Waals surface area (Å²) in [5.74, 6) is 0.788. The quantitative estimate of drug-likeness (QED) is 0.597. The summed E-state index contributed by atoms with van der Waals surface area (Å²) in [6.45, 7) is 0. The van der Waals surface area contributed by atoms with Gasteiger partial charge in [0.15, 0.2) is 5.82 Å². The van der Waals surface area contributed by atoms with Crippen molar-refractivity contribution in [1.82, 2.24) is 24.4 Å². The molecule has 0 aliphatic heterocycles. The summed E-state index contributed by atoms with van der Waals surface area (Å²) < 4.78 is 5.90. The largest absolute Gasteiger partial charge is 0.254 e. The molecule has 3 aromatic rings. The van der Waals surface area contributed by atoms with Crippen LogP contribution in [0.4, 0.5) is 0 Å². The highest BCUT2D eigenvalue weighted by molar-refractivity contribution is 7.11. The van der Waals surface area contributed by atoms with Crippen LogP contribution >= 0.6 is 11.5 Å². The Morgan fingerprint density at radius 2 is 2.00 bits per heavy atom. The van der Waals surface area contributed by atoms with E-state index in [1.165, 1.54) is 11.5 Å². The molecule has 14 heavy (non-hydrogen) atoms. The molecule has 0 saturated carbocycles. The van der Waals surface area contributed by atoms with Crippen molar-refractivity contribution in [3.8, 4) is 11.4 Å². The Hall–Kier alpha value is -1.82. The van der Waals surface area contributed by atoms with Gasteiger partial charge in [0.2, 0.25) is 0 Å². The second kappa shape index (κ2) is 2.85. The van der Waals surface area contributed by atoms with Crippen molar-refractivity contribution in [1.29, 1.82) is 0 Å². The lowest BCUT2D eigenvalue weighted by Crippen LogP contribution is -1.89. The van der Waals surface area contributed by atoms with Crippen LogP contribution in [0.25, 0.3) is 16.3 Å². The fourth-order valence-corrected chi connectivity index (χ4v) is 1.88. The summed E-state index contributed by atoms with van der Waals surface area (Å²) in [5, 5.41) is 11.3. The molecule has 5 nitrogen and oxygen atoms in total. The maximum absolute atomic E-state index is 4.27. The minimum atomic E-state index is 0.712. The first-order valence-electron chi connectivity index (χ1n) is 4.04. The monoisotopic (exact) mass is 203 g/mol. The number of nitrogens with zero attached hydrogens (tertiary/aromatic N) is 5. The molecule has 0 spiro atoms. The van der Waals surface area contributed by atoms with Gasteiger partial charge in [-0.15, -0.1) is 0 Å². The van der Waals surface area contributed by atoms with Crippen molar-refractivity contribution in [3.63, 3.8) is 0 Å². The Morgan fingerprint density at radius 3 is 2.86 bits per heavy atom. The van der Waals surface area contributed by atoms with Gasteiger partial charge in [-0.2, -0.15) is 8.89 Å². The van der Waals surface area contributed by atoms with Crippen molar-refractivity contribution in [2.24, 2.45) is 0 Å². The normalized spacial score (nSPS) is 10.9. The van der Waals surface area contributed by atoms with Gasteiger partial charge in [0.1, 0.15) is 0 Å². The molecule has 0 N–H and O–H groups in total. The molecule has 2 heterocycles. The molecule has 0 aliphatic rings. The molecule has 0 fully saturated rings. The fraction of sp³-hybridized carbons (Fsp3) is 0. The van der Waals surface area contributed by atoms with E-state index in [1.54, 1.807) is 4.52 Å². The lowest BCUT2D eigenvalue weighted by molar-refractivity contribution is 0.823. The number of hydrogen-bond acceptors (Lipinski definition) is 5. The van der Waals surface area contributed by atoms with Gasteiger partial charge in [-0.05, 0) is 10.4 Å². The smallest absolute Gasteiger partial charge is 0.168 e. The maximum atomic E-state index is 4.27. The molecule has 0 atom stereocenters. The summed E-state index contributed by atoms with van der Waals surface area (Å²) in [6.07, 6.45) is 0. The second-order valence-electron chi connectivity index (χ2n) is 2.75. The van der Waals surface area contributed by atoms with Crippen LogP contribution in [-0.2, 0) is 0 Å². The molecular formula is C8H5N5S. The standard InChI is InChI=1S/C8H5N5S/c1-2-4-6(5-3-1)7-10-14-8-9-11-12-13(7)8/h1-5H. The number of aromatic nitrogens is 5. The molecule has 1 aromatic carbocycles. The average Bonchev–Trinajstić information content (AvgIpc) is 2.79. The predicted octanol–water partition coefficient (Wildman–Crippen LogP) is 1.25. The van der Waals surface area contributed by atoms with Gasteiger partial charge < -0.3 is 0 Å². The van der Waals surface area contributed by atoms with Gasteiger partial charge in [0.25, 0.3) is 4.96 Å². The van der Waals surface area contributed by atoms with Crippen LogP contribution in [0.3, 0.4) is 0 Å². The lowest BCUT2D eigenvalue weighted by atomic mass is 10.2. The molecule has 0 aliphatic carbocycles. The Balaban J connectivity index is 2.28. The first-order valence-corrected chi connectivity index (χ1v) is 4.82. The maximum Gasteiger partial charge on any atom is 0.254 e. The van der Waals surface area contributed by atoms with Crippen molar-refractivity contribution in [2.75, 3.05) is 0 Å².